The molecule has 2 N–H and O–H groups in total. The van der Waals surface area contributed by atoms with E-state index >= 15 is 0 Å². The predicted molar refractivity (Wildman–Crippen MR) is 96.1 cm³/mol. The molecule has 1 aromatic heterocycles. The summed E-state index contributed by atoms with van der Waals surface area (Å²) in [4.78, 5) is 14.4. The van der Waals surface area contributed by atoms with Crippen molar-refractivity contribution in [3.05, 3.63) is 41.6 Å². The minimum atomic E-state index is -0.429. The first-order valence-corrected chi connectivity index (χ1v) is 9.02. The van der Waals surface area contributed by atoms with Crippen molar-refractivity contribution < 1.29 is 9.90 Å². The lowest BCUT2D eigenvalue weighted by Gasteiger charge is -2.30. The highest BCUT2D eigenvalue weighted by molar-refractivity contribution is 5.90. The number of amides is 2. The van der Waals surface area contributed by atoms with Crippen molar-refractivity contribution >= 4 is 11.8 Å². The van der Waals surface area contributed by atoms with E-state index in [1.807, 2.05) is 41.9 Å². The Hall–Kier alpha value is -2.34. The molecule has 1 saturated carbocycles. The summed E-state index contributed by atoms with van der Waals surface area (Å²) < 4.78 is 1.83. The van der Waals surface area contributed by atoms with Crippen LogP contribution in [0.5, 0.6) is 0 Å². The van der Waals surface area contributed by atoms with Gasteiger partial charge in [-0.25, -0.2) is 9.48 Å². The van der Waals surface area contributed by atoms with E-state index in [-0.39, 0.29) is 6.03 Å². The molecule has 2 fully saturated rings. The van der Waals surface area contributed by atoms with Crippen molar-refractivity contribution in [3.63, 3.8) is 0 Å². The first kappa shape index (κ1) is 16.1. The van der Waals surface area contributed by atoms with Crippen molar-refractivity contribution in [3.8, 4) is 5.69 Å². The fourth-order valence-corrected chi connectivity index (χ4v) is 3.48. The van der Waals surface area contributed by atoms with Crippen LogP contribution in [0.15, 0.2) is 30.3 Å². The van der Waals surface area contributed by atoms with E-state index in [4.69, 9.17) is 5.10 Å². The van der Waals surface area contributed by atoms with Crippen LogP contribution in [0.1, 0.15) is 42.9 Å². The Labute approximate surface area is 147 Å². The lowest BCUT2D eigenvalue weighted by atomic mass is 10.1. The average Bonchev–Trinajstić information content (AvgIpc) is 3.41. The first-order valence-electron chi connectivity index (χ1n) is 9.02. The van der Waals surface area contributed by atoms with Crippen LogP contribution in [0, 0.1) is 6.92 Å². The number of likely N-dealkylation sites (tertiary alicyclic amines) is 1. The number of urea groups is 1. The van der Waals surface area contributed by atoms with Gasteiger partial charge in [0.05, 0.1) is 17.5 Å². The van der Waals surface area contributed by atoms with Crippen molar-refractivity contribution in [2.45, 2.75) is 44.6 Å². The number of benzene rings is 1. The fraction of sp³-hybridized carbons (Fsp3) is 0.474. The Balaban J connectivity index is 1.64. The highest BCUT2D eigenvalue weighted by Gasteiger charge is 2.31. The van der Waals surface area contributed by atoms with E-state index < -0.39 is 6.10 Å². The summed E-state index contributed by atoms with van der Waals surface area (Å²) in [5, 5.41) is 17.7. The van der Waals surface area contributed by atoms with E-state index in [2.05, 4.69) is 5.32 Å². The van der Waals surface area contributed by atoms with Crippen LogP contribution in [0.2, 0.25) is 0 Å². The molecule has 2 aliphatic rings. The van der Waals surface area contributed by atoms with Crippen molar-refractivity contribution in [2.24, 2.45) is 0 Å². The van der Waals surface area contributed by atoms with Crippen LogP contribution < -0.4 is 5.32 Å². The summed E-state index contributed by atoms with van der Waals surface area (Å²) in [6.07, 6.45) is 3.49. The number of β-amino-alcohol motifs (C(OH)–C–C–N with tert-alkyl or cyclic N) is 1. The van der Waals surface area contributed by atoms with Crippen LogP contribution in [-0.4, -0.2) is 45.0 Å². The molecule has 1 aromatic carbocycles. The highest BCUT2D eigenvalue weighted by Crippen LogP contribution is 2.43. The molecule has 2 aromatic rings. The zero-order valence-electron chi connectivity index (χ0n) is 14.5. The van der Waals surface area contributed by atoms with E-state index in [1.54, 1.807) is 4.90 Å². The standard InChI is InChI=1S/C19H24N4O2/c1-13-17(14-9-10-14)21-23(15-6-3-2-4-7-15)18(13)20-19(25)22-11-5-8-16(24)12-22/h2-4,6-7,14,16,24H,5,8-12H2,1H3,(H,20,25)/t16-/m1/s1. The summed E-state index contributed by atoms with van der Waals surface area (Å²) in [6.45, 7) is 3.09. The Bertz CT molecular complexity index is 767. The van der Waals surface area contributed by atoms with Gasteiger partial charge < -0.3 is 10.0 Å². The SMILES string of the molecule is Cc1c(C2CC2)nn(-c2ccccc2)c1NC(=O)N1CCC[C@@H](O)C1. The molecule has 6 heteroatoms. The summed E-state index contributed by atoms with van der Waals surface area (Å²) in [5.74, 6) is 1.25. The van der Waals surface area contributed by atoms with Gasteiger partial charge in [0.2, 0.25) is 0 Å². The molecule has 4 rings (SSSR count). The third-order valence-corrected chi connectivity index (χ3v) is 5.03. The number of para-hydroxylation sites is 1. The number of nitrogens with zero attached hydrogens (tertiary/aromatic N) is 3. The molecule has 1 aliphatic carbocycles. The van der Waals surface area contributed by atoms with Gasteiger partial charge in [-0.05, 0) is 44.7 Å². The number of anilines is 1. The first-order chi connectivity index (χ1) is 12.1. The number of aromatic nitrogens is 2. The van der Waals surface area contributed by atoms with Gasteiger partial charge in [-0.1, -0.05) is 18.2 Å². The number of aliphatic hydroxyl groups is 1. The van der Waals surface area contributed by atoms with Crippen LogP contribution in [0.3, 0.4) is 0 Å². The van der Waals surface area contributed by atoms with Gasteiger partial charge in [0, 0.05) is 24.6 Å². The minimum Gasteiger partial charge on any atom is -0.391 e. The van der Waals surface area contributed by atoms with Crippen molar-refractivity contribution in [2.75, 3.05) is 18.4 Å². The molecule has 2 heterocycles. The maximum atomic E-state index is 12.7. The Morgan fingerprint density at radius 3 is 2.68 bits per heavy atom. The van der Waals surface area contributed by atoms with Gasteiger partial charge in [-0.3, -0.25) is 5.32 Å². The molecular formula is C19H24N4O2. The molecule has 132 valence electrons. The van der Waals surface area contributed by atoms with Gasteiger partial charge in [-0.2, -0.15) is 5.10 Å². The van der Waals surface area contributed by atoms with Gasteiger partial charge in [0.1, 0.15) is 5.82 Å². The predicted octanol–water partition coefficient (Wildman–Crippen LogP) is 3.05. The summed E-state index contributed by atoms with van der Waals surface area (Å²) in [7, 11) is 0. The van der Waals surface area contributed by atoms with Gasteiger partial charge in [-0.15, -0.1) is 0 Å². The molecule has 1 aliphatic heterocycles. The molecule has 0 unspecified atom stereocenters. The second-order valence-corrected chi connectivity index (χ2v) is 7.05. The third-order valence-electron chi connectivity index (χ3n) is 5.03. The molecule has 25 heavy (non-hydrogen) atoms. The number of piperidine rings is 1. The van der Waals surface area contributed by atoms with Gasteiger partial charge >= 0.3 is 6.03 Å². The monoisotopic (exact) mass is 340 g/mol. The van der Waals surface area contributed by atoms with Crippen molar-refractivity contribution in [1.29, 1.82) is 0 Å². The number of hydrogen-bond acceptors (Lipinski definition) is 3. The lowest BCUT2D eigenvalue weighted by Crippen LogP contribution is -2.44. The molecule has 0 radical (unpaired) electrons. The maximum Gasteiger partial charge on any atom is 0.323 e. The fourth-order valence-electron chi connectivity index (χ4n) is 3.48. The number of rotatable bonds is 3. The van der Waals surface area contributed by atoms with Gasteiger partial charge in [0.15, 0.2) is 0 Å². The number of carbonyl (C=O) groups is 1. The topological polar surface area (TPSA) is 70.4 Å². The number of aliphatic hydroxyl groups excluding tert-OH is 1. The molecular weight excluding hydrogens is 316 g/mol. The summed E-state index contributed by atoms with van der Waals surface area (Å²) >= 11 is 0. The van der Waals surface area contributed by atoms with Gasteiger partial charge in [0.25, 0.3) is 0 Å². The molecule has 0 spiro atoms. The quantitative estimate of drug-likeness (QED) is 0.902. The number of hydrogen-bond donors (Lipinski definition) is 2. The Morgan fingerprint density at radius 1 is 1.24 bits per heavy atom. The smallest absolute Gasteiger partial charge is 0.323 e. The average molecular weight is 340 g/mol. The Kier molecular flexibility index (Phi) is 4.21. The third kappa shape index (κ3) is 3.26. The minimum absolute atomic E-state index is 0.165. The normalized spacial score (nSPS) is 20.6. The summed E-state index contributed by atoms with van der Waals surface area (Å²) in [6, 6.07) is 9.72. The molecule has 6 nitrogen and oxygen atoms in total. The van der Waals surface area contributed by atoms with Crippen LogP contribution in [0.25, 0.3) is 5.69 Å². The van der Waals surface area contributed by atoms with Crippen LogP contribution in [0.4, 0.5) is 10.6 Å². The molecule has 2 amide bonds. The molecule has 0 bridgehead atoms. The maximum absolute atomic E-state index is 12.7. The van der Waals surface area contributed by atoms with E-state index in [0.717, 1.165) is 35.6 Å². The largest absolute Gasteiger partial charge is 0.391 e. The van der Waals surface area contributed by atoms with Crippen LogP contribution in [-0.2, 0) is 0 Å². The molecule has 1 saturated heterocycles. The highest BCUT2D eigenvalue weighted by atomic mass is 16.3. The van der Waals surface area contributed by atoms with E-state index in [1.165, 1.54) is 12.8 Å². The number of nitrogens with one attached hydrogen (secondary N) is 1. The zero-order valence-corrected chi connectivity index (χ0v) is 14.5. The summed E-state index contributed by atoms with van der Waals surface area (Å²) in [5.41, 5.74) is 3.06. The van der Waals surface area contributed by atoms with E-state index in [9.17, 15) is 9.90 Å². The lowest BCUT2D eigenvalue weighted by molar-refractivity contribution is 0.0883. The van der Waals surface area contributed by atoms with Crippen LogP contribution >= 0.6 is 0 Å². The van der Waals surface area contributed by atoms with Crippen molar-refractivity contribution in [1.82, 2.24) is 14.7 Å². The second kappa shape index (κ2) is 6.52. The van der Waals surface area contributed by atoms with E-state index in [0.29, 0.717) is 19.0 Å². The second-order valence-electron chi connectivity index (χ2n) is 7.05. The Morgan fingerprint density at radius 2 is 2.00 bits per heavy atom. The molecule has 1 atom stereocenters. The number of carbonyl (C=O) groups excluding carboxylic acids is 1. The zero-order chi connectivity index (χ0) is 17.4.